The number of benzene rings is 1. The predicted molar refractivity (Wildman–Crippen MR) is 90.5 cm³/mol. The summed E-state index contributed by atoms with van der Waals surface area (Å²) in [5, 5.41) is 4.26. The van der Waals surface area contributed by atoms with E-state index in [1.54, 1.807) is 23.1 Å². The Morgan fingerprint density at radius 3 is 3.00 bits per heavy atom. The maximum Gasteiger partial charge on any atom is 0.340 e. The molecule has 1 fully saturated rings. The molecule has 2 aromatic rings. The molecule has 1 saturated heterocycles. The lowest BCUT2D eigenvalue weighted by molar-refractivity contribution is -0.117. The molecule has 7 nitrogen and oxygen atoms in total. The first-order chi connectivity index (χ1) is 12.1. The Morgan fingerprint density at radius 1 is 1.44 bits per heavy atom. The van der Waals surface area contributed by atoms with E-state index in [-0.39, 0.29) is 24.0 Å². The summed E-state index contributed by atoms with van der Waals surface area (Å²) in [5.74, 6) is 0.229. The van der Waals surface area contributed by atoms with Gasteiger partial charge in [-0.25, -0.2) is 4.79 Å². The van der Waals surface area contributed by atoms with E-state index in [4.69, 9.17) is 20.9 Å². The molecule has 0 unspecified atom stereocenters. The minimum atomic E-state index is -0.568. The van der Waals surface area contributed by atoms with Crippen LogP contribution in [-0.4, -0.2) is 28.6 Å². The summed E-state index contributed by atoms with van der Waals surface area (Å²) in [4.78, 5) is 30.2. The third-order valence-corrected chi connectivity index (χ3v) is 4.09. The van der Waals surface area contributed by atoms with Crippen molar-refractivity contribution in [3.05, 3.63) is 40.5 Å². The SMILES string of the molecule is CCCc1noc(COC(=O)c2ccc(Cl)cc2N2CCCC2=O)n1. The quantitative estimate of drug-likeness (QED) is 0.733. The zero-order valence-electron chi connectivity index (χ0n) is 13.8. The van der Waals surface area contributed by atoms with Crippen molar-refractivity contribution in [1.82, 2.24) is 10.1 Å². The van der Waals surface area contributed by atoms with Crippen molar-refractivity contribution < 1.29 is 18.8 Å². The molecule has 3 rings (SSSR count). The Bertz CT molecular complexity index is 790. The molecule has 1 aliphatic heterocycles. The molecule has 0 aliphatic carbocycles. The fourth-order valence-corrected chi connectivity index (χ4v) is 2.85. The van der Waals surface area contributed by atoms with Crippen molar-refractivity contribution in [1.29, 1.82) is 0 Å². The molecule has 132 valence electrons. The lowest BCUT2D eigenvalue weighted by Gasteiger charge is -2.19. The molecule has 0 saturated carbocycles. The third-order valence-electron chi connectivity index (χ3n) is 3.85. The van der Waals surface area contributed by atoms with Crippen molar-refractivity contribution in [2.75, 3.05) is 11.4 Å². The number of halogens is 1. The Balaban J connectivity index is 1.74. The molecule has 1 aromatic heterocycles. The second kappa shape index (κ2) is 7.65. The first-order valence-corrected chi connectivity index (χ1v) is 8.54. The smallest absolute Gasteiger partial charge is 0.340 e. The van der Waals surface area contributed by atoms with Gasteiger partial charge in [-0.3, -0.25) is 4.79 Å². The Morgan fingerprint density at radius 2 is 2.28 bits per heavy atom. The fourth-order valence-electron chi connectivity index (χ4n) is 2.68. The summed E-state index contributed by atoms with van der Waals surface area (Å²) in [6.45, 7) is 2.45. The minimum absolute atomic E-state index is 0.0302. The van der Waals surface area contributed by atoms with Crippen LogP contribution in [0.5, 0.6) is 0 Å². The zero-order chi connectivity index (χ0) is 17.8. The van der Waals surface area contributed by atoms with E-state index in [1.807, 2.05) is 6.92 Å². The van der Waals surface area contributed by atoms with Crippen LogP contribution in [0.25, 0.3) is 0 Å². The molecule has 2 heterocycles. The van der Waals surface area contributed by atoms with Gasteiger partial charge >= 0.3 is 5.97 Å². The molecule has 1 amide bonds. The van der Waals surface area contributed by atoms with Crippen molar-refractivity contribution >= 4 is 29.2 Å². The molecule has 0 atom stereocenters. The van der Waals surface area contributed by atoms with Gasteiger partial charge in [-0.2, -0.15) is 4.98 Å². The lowest BCUT2D eigenvalue weighted by Crippen LogP contribution is -2.26. The van der Waals surface area contributed by atoms with Crippen LogP contribution in [-0.2, 0) is 22.6 Å². The Hall–Kier alpha value is -2.41. The van der Waals surface area contributed by atoms with Crippen molar-refractivity contribution in [2.45, 2.75) is 39.2 Å². The van der Waals surface area contributed by atoms with Crippen LogP contribution in [0.15, 0.2) is 22.7 Å². The summed E-state index contributed by atoms with van der Waals surface area (Å²) in [6, 6.07) is 4.75. The average molecular weight is 364 g/mol. The third kappa shape index (κ3) is 3.99. The van der Waals surface area contributed by atoms with Crippen molar-refractivity contribution in [3.63, 3.8) is 0 Å². The number of hydrogen-bond donors (Lipinski definition) is 0. The van der Waals surface area contributed by atoms with Gasteiger partial charge in [-0.05, 0) is 31.0 Å². The van der Waals surface area contributed by atoms with Gasteiger partial charge in [0.2, 0.25) is 5.91 Å². The molecule has 0 N–H and O–H groups in total. The van der Waals surface area contributed by atoms with E-state index in [0.29, 0.717) is 35.9 Å². The number of ether oxygens (including phenoxy) is 1. The summed E-state index contributed by atoms with van der Waals surface area (Å²) < 4.78 is 10.3. The minimum Gasteiger partial charge on any atom is -0.452 e. The number of anilines is 1. The summed E-state index contributed by atoms with van der Waals surface area (Å²) >= 11 is 6.03. The van der Waals surface area contributed by atoms with Gasteiger partial charge in [-0.15, -0.1) is 0 Å². The van der Waals surface area contributed by atoms with Gasteiger partial charge in [-0.1, -0.05) is 23.7 Å². The van der Waals surface area contributed by atoms with Gasteiger partial charge in [0.1, 0.15) is 0 Å². The van der Waals surface area contributed by atoms with Crippen LogP contribution < -0.4 is 4.90 Å². The molecule has 0 bridgehead atoms. The second-order valence-electron chi connectivity index (χ2n) is 5.74. The first-order valence-electron chi connectivity index (χ1n) is 8.17. The van der Waals surface area contributed by atoms with E-state index in [1.165, 1.54) is 0 Å². The summed E-state index contributed by atoms with van der Waals surface area (Å²) in [7, 11) is 0. The lowest BCUT2D eigenvalue weighted by atomic mass is 10.1. The monoisotopic (exact) mass is 363 g/mol. The highest BCUT2D eigenvalue weighted by molar-refractivity contribution is 6.31. The normalized spacial score (nSPS) is 14.2. The zero-order valence-corrected chi connectivity index (χ0v) is 14.6. The number of esters is 1. The molecular weight excluding hydrogens is 346 g/mol. The first kappa shape index (κ1) is 17.4. The molecule has 0 radical (unpaired) electrons. The standard InChI is InChI=1S/C17H18ClN3O4/c1-2-4-14-19-15(25-20-14)10-24-17(23)12-7-6-11(18)9-13(12)21-8-3-5-16(21)22/h6-7,9H,2-5,8,10H2,1H3. The second-order valence-corrected chi connectivity index (χ2v) is 6.18. The van der Waals surface area contributed by atoms with E-state index in [9.17, 15) is 9.59 Å². The van der Waals surface area contributed by atoms with Crippen molar-refractivity contribution in [2.24, 2.45) is 0 Å². The van der Waals surface area contributed by atoms with E-state index < -0.39 is 5.97 Å². The van der Waals surface area contributed by atoms with Crippen LogP contribution in [0.3, 0.4) is 0 Å². The highest BCUT2D eigenvalue weighted by Gasteiger charge is 2.27. The number of aryl methyl sites for hydroxylation is 1. The van der Waals surface area contributed by atoms with Crippen LogP contribution >= 0.6 is 11.6 Å². The van der Waals surface area contributed by atoms with E-state index in [0.717, 1.165) is 12.8 Å². The van der Waals surface area contributed by atoms with Gasteiger partial charge in [0, 0.05) is 24.4 Å². The summed E-state index contributed by atoms with van der Waals surface area (Å²) in [5.41, 5.74) is 0.755. The number of hydrogen-bond acceptors (Lipinski definition) is 6. The highest BCUT2D eigenvalue weighted by atomic mass is 35.5. The number of nitrogens with zero attached hydrogens (tertiary/aromatic N) is 3. The maximum atomic E-state index is 12.5. The highest BCUT2D eigenvalue weighted by Crippen LogP contribution is 2.29. The number of aromatic nitrogens is 2. The molecule has 8 heteroatoms. The molecule has 1 aliphatic rings. The predicted octanol–water partition coefficient (Wildman–Crippen LogP) is 3.16. The number of carbonyl (C=O) groups excluding carboxylic acids is 2. The van der Waals surface area contributed by atoms with Crippen molar-refractivity contribution in [3.8, 4) is 0 Å². The maximum absolute atomic E-state index is 12.5. The fraction of sp³-hybridized carbons (Fsp3) is 0.412. The van der Waals surface area contributed by atoms with Crippen LogP contribution in [0.1, 0.15) is 48.3 Å². The van der Waals surface area contributed by atoms with Crippen LogP contribution in [0, 0.1) is 0 Å². The van der Waals surface area contributed by atoms with Gasteiger partial charge < -0.3 is 14.2 Å². The van der Waals surface area contributed by atoms with E-state index in [2.05, 4.69) is 10.1 Å². The molecule has 25 heavy (non-hydrogen) atoms. The molecular formula is C17H18ClN3O4. The average Bonchev–Trinajstić information content (AvgIpc) is 3.22. The number of amides is 1. The molecule has 1 aromatic carbocycles. The van der Waals surface area contributed by atoms with Gasteiger partial charge in [0.05, 0.1) is 11.3 Å². The largest absolute Gasteiger partial charge is 0.452 e. The van der Waals surface area contributed by atoms with E-state index >= 15 is 0 Å². The molecule has 0 spiro atoms. The van der Waals surface area contributed by atoms with Gasteiger partial charge in [0.15, 0.2) is 12.4 Å². The number of rotatable bonds is 6. The van der Waals surface area contributed by atoms with Crippen LogP contribution in [0.4, 0.5) is 5.69 Å². The van der Waals surface area contributed by atoms with Gasteiger partial charge in [0.25, 0.3) is 5.89 Å². The topological polar surface area (TPSA) is 85.5 Å². The Labute approximate surface area is 149 Å². The Kier molecular flexibility index (Phi) is 5.33. The van der Waals surface area contributed by atoms with Crippen LogP contribution in [0.2, 0.25) is 5.02 Å². The number of carbonyl (C=O) groups is 2. The summed E-state index contributed by atoms with van der Waals surface area (Å²) in [6.07, 6.45) is 2.82.